The summed E-state index contributed by atoms with van der Waals surface area (Å²) in [5.74, 6) is 0.311. The van der Waals surface area contributed by atoms with Gasteiger partial charge >= 0.3 is 0 Å². The molecule has 106 valence electrons. The molecule has 1 aromatic carbocycles. The molecule has 1 aliphatic heterocycles. The molecule has 1 aliphatic rings. The van der Waals surface area contributed by atoms with Crippen LogP contribution in [0.15, 0.2) is 21.5 Å². The van der Waals surface area contributed by atoms with E-state index in [2.05, 4.69) is 15.9 Å². The standard InChI is InChI=1S/C13H12BrNO3S2/c1-3-18-10-4-7(8(14)6-9(10)16)5-11-12(17)15(2)13(19)20-11/h4-6,16H,3H2,1-2H3/b11-5+. The van der Waals surface area contributed by atoms with Crippen LogP contribution in [0.25, 0.3) is 6.08 Å². The first kappa shape index (κ1) is 15.3. The molecule has 1 aromatic rings. The molecule has 4 nitrogen and oxygen atoms in total. The first-order chi connectivity index (χ1) is 9.43. The third-order valence-electron chi connectivity index (χ3n) is 2.65. The molecule has 0 spiro atoms. The maximum Gasteiger partial charge on any atom is 0.265 e. The maximum atomic E-state index is 12.0. The Hall–Kier alpha value is -1.05. The number of likely N-dealkylation sites (N-methyl/N-ethyl adjacent to an activating group) is 1. The molecule has 0 aromatic heterocycles. The van der Waals surface area contributed by atoms with Crippen LogP contribution in [0.3, 0.4) is 0 Å². The predicted molar refractivity (Wildman–Crippen MR) is 87.9 cm³/mol. The largest absolute Gasteiger partial charge is 0.504 e. The SMILES string of the molecule is CCOc1cc(/C=C2/SC(=S)N(C)C2=O)c(Br)cc1O. The predicted octanol–water partition coefficient (Wildman–Crippen LogP) is 3.38. The molecule has 0 saturated carbocycles. The van der Waals surface area contributed by atoms with Crippen LogP contribution in [0.4, 0.5) is 0 Å². The zero-order valence-corrected chi connectivity index (χ0v) is 14.1. The van der Waals surface area contributed by atoms with Crippen molar-refractivity contribution in [1.29, 1.82) is 0 Å². The summed E-state index contributed by atoms with van der Waals surface area (Å²) in [7, 11) is 1.65. The number of phenols is 1. The van der Waals surface area contributed by atoms with Crippen molar-refractivity contribution in [2.75, 3.05) is 13.7 Å². The lowest BCUT2D eigenvalue weighted by atomic mass is 10.2. The number of aromatic hydroxyl groups is 1. The molecular formula is C13H12BrNO3S2. The Morgan fingerprint density at radius 1 is 1.55 bits per heavy atom. The van der Waals surface area contributed by atoms with Crippen LogP contribution in [0.2, 0.25) is 0 Å². The second-order valence-corrected chi connectivity index (χ2v) is 6.55. The van der Waals surface area contributed by atoms with Gasteiger partial charge in [-0.25, -0.2) is 0 Å². The van der Waals surface area contributed by atoms with Crippen molar-refractivity contribution >= 4 is 56.2 Å². The van der Waals surface area contributed by atoms with Gasteiger partial charge in [-0.05, 0) is 30.7 Å². The maximum absolute atomic E-state index is 12.0. The van der Waals surface area contributed by atoms with E-state index in [-0.39, 0.29) is 11.7 Å². The third-order valence-corrected chi connectivity index (χ3v) is 4.82. The minimum Gasteiger partial charge on any atom is -0.504 e. The highest BCUT2D eigenvalue weighted by molar-refractivity contribution is 9.10. The number of carbonyl (C=O) groups is 1. The number of benzene rings is 1. The van der Waals surface area contributed by atoms with E-state index in [1.54, 1.807) is 25.3 Å². The van der Waals surface area contributed by atoms with Crippen molar-refractivity contribution in [3.63, 3.8) is 0 Å². The molecule has 1 heterocycles. The van der Waals surface area contributed by atoms with Gasteiger partial charge in [-0.2, -0.15) is 0 Å². The van der Waals surface area contributed by atoms with Crippen LogP contribution < -0.4 is 4.74 Å². The number of hydrogen-bond acceptors (Lipinski definition) is 5. The van der Waals surface area contributed by atoms with E-state index in [4.69, 9.17) is 17.0 Å². The molecule has 20 heavy (non-hydrogen) atoms. The number of rotatable bonds is 3. The summed E-state index contributed by atoms with van der Waals surface area (Å²) in [5, 5.41) is 9.77. The summed E-state index contributed by atoms with van der Waals surface area (Å²) in [6.45, 7) is 2.29. The fourth-order valence-corrected chi connectivity index (χ4v) is 3.24. The minimum atomic E-state index is -0.127. The van der Waals surface area contributed by atoms with Gasteiger partial charge in [0.15, 0.2) is 11.5 Å². The summed E-state index contributed by atoms with van der Waals surface area (Å²) in [6.07, 6.45) is 1.73. The van der Waals surface area contributed by atoms with Crippen molar-refractivity contribution in [1.82, 2.24) is 4.90 Å². The van der Waals surface area contributed by atoms with E-state index >= 15 is 0 Å². The smallest absolute Gasteiger partial charge is 0.265 e. The van der Waals surface area contributed by atoms with Gasteiger partial charge in [0, 0.05) is 11.5 Å². The van der Waals surface area contributed by atoms with Gasteiger partial charge in [0.05, 0.1) is 11.5 Å². The van der Waals surface area contributed by atoms with Crippen molar-refractivity contribution < 1.29 is 14.6 Å². The molecule has 7 heteroatoms. The highest BCUT2D eigenvalue weighted by Crippen LogP contribution is 2.37. The van der Waals surface area contributed by atoms with Gasteiger partial charge in [-0.1, -0.05) is 39.9 Å². The lowest BCUT2D eigenvalue weighted by Crippen LogP contribution is -2.22. The van der Waals surface area contributed by atoms with Crippen molar-refractivity contribution in [3.05, 3.63) is 27.1 Å². The molecule has 0 unspecified atom stereocenters. The highest BCUT2D eigenvalue weighted by atomic mass is 79.9. The average Bonchev–Trinajstić information content (AvgIpc) is 2.63. The van der Waals surface area contributed by atoms with Crippen LogP contribution >= 0.6 is 39.9 Å². The Balaban J connectivity index is 2.41. The van der Waals surface area contributed by atoms with Crippen LogP contribution in [0.1, 0.15) is 12.5 Å². The lowest BCUT2D eigenvalue weighted by molar-refractivity contribution is -0.121. The Morgan fingerprint density at radius 2 is 2.25 bits per heavy atom. The molecule has 0 atom stereocenters. The Morgan fingerprint density at radius 3 is 2.80 bits per heavy atom. The number of thiocarbonyl (C=S) groups is 1. The molecule has 1 amide bonds. The zero-order valence-electron chi connectivity index (χ0n) is 10.8. The molecule has 1 saturated heterocycles. The topological polar surface area (TPSA) is 49.8 Å². The fourth-order valence-electron chi connectivity index (χ4n) is 1.63. The molecule has 0 radical (unpaired) electrons. The Bertz CT molecular complexity index is 616. The van der Waals surface area contributed by atoms with E-state index in [1.165, 1.54) is 16.7 Å². The van der Waals surface area contributed by atoms with Gasteiger partial charge in [-0.3, -0.25) is 9.69 Å². The van der Waals surface area contributed by atoms with Gasteiger partial charge in [-0.15, -0.1) is 0 Å². The zero-order chi connectivity index (χ0) is 14.9. The second-order valence-electron chi connectivity index (χ2n) is 4.02. The molecule has 0 bridgehead atoms. The van der Waals surface area contributed by atoms with Crippen LogP contribution in [-0.4, -0.2) is 33.9 Å². The number of carbonyl (C=O) groups excluding carboxylic acids is 1. The van der Waals surface area contributed by atoms with Gasteiger partial charge in [0.2, 0.25) is 0 Å². The van der Waals surface area contributed by atoms with E-state index in [0.29, 0.717) is 26.1 Å². The quantitative estimate of drug-likeness (QED) is 0.649. The van der Waals surface area contributed by atoms with Gasteiger partial charge < -0.3 is 9.84 Å². The molecule has 0 aliphatic carbocycles. The first-order valence-electron chi connectivity index (χ1n) is 5.81. The molecule has 1 N–H and O–H groups in total. The highest BCUT2D eigenvalue weighted by Gasteiger charge is 2.28. The minimum absolute atomic E-state index is 0.0546. The fraction of sp³-hybridized carbons (Fsp3) is 0.231. The number of ether oxygens (including phenoxy) is 1. The molecular weight excluding hydrogens is 362 g/mol. The van der Waals surface area contributed by atoms with Gasteiger partial charge in [0.25, 0.3) is 5.91 Å². The summed E-state index contributed by atoms with van der Waals surface area (Å²) < 4.78 is 6.55. The van der Waals surface area contributed by atoms with Crippen LogP contribution in [0, 0.1) is 0 Å². The lowest BCUT2D eigenvalue weighted by Gasteiger charge is -2.09. The van der Waals surface area contributed by atoms with E-state index in [0.717, 1.165) is 5.56 Å². The first-order valence-corrected chi connectivity index (χ1v) is 7.82. The molecule has 2 rings (SSSR count). The van der Waals surface area contributed by atoms with Crippen LogP contribution in [0.5, 0.6) is 11.5 Å². The summed E-state index contributed by atoms with van der Waals surface area (Å²) >= 11 is 9.70. The van der Waals surface area contributed by atoms with Crippen LogP contribution in [-0.2, 0) is 4.79 Å². The van der Waals surface area contributed by atoms with Gasteiger partial charge in [0.1, 0.15) is 4.32 Å². The Labute approximate surface area is 134 Å². The number of nitrogens with zero attached hydrogens (tertiary/aromatic N) is 1. The third kappa shape index (κ3) is 2.99. The number of amides is 1. The van der Waals surface area contributed by atoms with E-state index in [9.17, 15) is 9.90 Å². The van der Waals surface area contributed by atoms with Crippen molar-refractivity contribution in [3.8, 4) is 11.5 Å². The van der Waals surface area contributed by atoms with Crippen molar-refractivity contribution in [2.45, 2.75) is 6.92 Å². The van der Waals surface area contributed by atoms with E-state index in [1.807, 2.05) is 6.92 Å². The summed E-state index contributed by atoms with van der Waals surface area (Å²) in [4.78, 5) is 13.9. The van der Waals surface area contributed by atoms with Crippen molar-refractivity contribution in [2.24, 2.45) is 0 Å². The summed E-state index contributed by atoms with van der Waals surface area (Å²) in [5.41, 5.74) is 0.750. The monoisotopic (exact) mass is 373 g/mol. The summed E-state index contributed by atoms with van der Waals surface area (Å²) in [6, 6.07) is 3.23. The second kappa shape index (κ2) is 6.15. The number of hydrogen-bond donors (Lipinski definition) is 1. The number of phenolic OH excluding ortho intramolecular Hbond substituents is 1. The Kier molecular flexibility index (Phi) is 4.72. The number of halogens is 1. The molecule has 1 fully saturated rings. The number of thioether (sulfide) groups is 1. The normalized spacial score (nSPS) is 17.1. The van der Waals surface area contributed by atoms with E-state index < -0.39 is 0 Å². The average molecular weight is 374 g/mol.